The van der Waals surface area contributed by atoms with Crippen molar-refractivity contribution in [3.8, 4) is 11.1 Å². The van der Waals surface area contributed by atoms with Gasteiger partial charge in [-0.1, -0.05) is 0 Å². The first-order chi connectivity index (χ1) is 13.9. The molecule has 1 fully saturated rings. The molecule has 2 heterocycles. The molecule has 1 aliphatic carbocycles. The number of pyridine rings is 2. The van der Waals surface area contributed by atoms with Crippen LogP contribution in [-0.2, 0) is 9.53 Å². The first kappa shape index (κ1) is 19.4. The van der Waals surface area contributed by atoms with E-state index >= 15 is 0 Å². The third-order valence-corrected chi connectivity index (χ3v) is 5.50. The van der Waals surface area contributed by atoms with Gasteiger partial charge in [0.1, 0.15) is 5.82 Å². The summed E-state index contributed by atoms with van der Waals surface area (Å²) in [5.41, 5.74) is 2.73. The lowest BCUT2D eigenvalue weighted by Gasteiger charge is -2.42. The minimum absolute atomic E-state index is 0.0164. The van der Waals surface area contributed by atoms with E-state index in [1.807, 2.05) is 6.92 Å². The van der Waals surface area contributed by atoms with Crippen LogP contribution in [0.5, 0.6) is 0 Å². The smallest absolute Gasteiger partial charge is 0.224 e. The predicted molar refractivity (Wildman–Crippen MR) is 107 cm³/mol. The highest BCUT2D eigenvalue weighted by molar-refractivity contribution is 6.04. The SMILES string of the molecule is COC1CC(N(C(C)=O)c2c(C)cnc3cc(F)c(-c4ccc(F)nc4)cc23)C1. The molecule has 1 amide bonds. The van der Waals surface area contributed by atoms with Crippen molar-refractivity contribution >= 4 is 22.5 Å². The number of aryl methyl sites for hydroxylation is 1. The van der Waals surface area contributed by atoms with Gasteiger partial charge in [-0.05, 0) is 43.5 Å². The van der Waals surface area contributed by atoms with E-state index in [-0.39, 0.29) is 23.6 Å². The normalized spacial score (nSPS) is 18.5. The molecule has 0 radical (unpaired) electrons. The highest BCUT2D eigenvalue weighted by Crippen LogP contribution is 2.39. The summed E-state index contributed by atoms with van der Waals surface area (Å²) in [5, 5.41) is 0.668. The van der Waals surface area contributed by atoms with Crippen molar-refractivity contribution in [3.05, 3.63) is 54.0 Å². The second-order valence-electron chi connectivity index (χ2n) is 7.38. The number of hydrogen-bond acceptors (Lipinski definition) is 4. The van der Waals surface area contributed by atoms with E-state index in [1.165, 1.54) is 31.3 Å². The summed E-state index contributed by atoms with van der Waals surface area (Å²) in [6.07, 6.45) is 4.57. The van der Waals surface area contributed by atoms with Crippen LogP contribution in [0.3, 0.4) is 0 Å². The van der Waals surface area contributed by atoms with Crippen molar-refractivity contribution in [2.45, 2.75) is 38.8 Å². The third-order valence-electron chi connectivity index (χ3n) is 5.50. The fourth-order valence-electron chi connectivity index (χ4n) is 3.91. The average molecular weight is 397 g/mol. The zero-order chi connectivity index (χ0) is 20.7. The van der Waals surface area contributed by atoms with Crippen LogP contribution < -0.4 is 4.90 Å². The van der Waals surface area contributed by atoms with Gasteiger partial charge in [0.15, 0.2) is 0 Å². The maximum Gasteiger partial charge on any atom is 0.224 e. The van der Waals surface area contributed by atoms with E-state index in [2.05, 4.69) is 9.97 Å². The number of carbonyl (C=O) groups excluding carboxylic acids is 1. The number of rotatable bonds is 4. The van der Waals surface area contributed by atoms with Crippen LogP contribution >= 0.6 is 0 Å². The van der Waals surface area contributed by atoms with E-state index in [0.717, 1.165) is 24.1 Å². The largest absolute Gasteiger partial charge is 0.381 e. The molecule has 150 valence electrons. The Bertz CT molecular complexity index is 1080. The first-order valence-electron chi connectivity index (χ1n) is 9.42. The lowest BCUT2D eigenvalue weighted by atomic mass is 9.86. The molecule has 7 heteroatoms. The maximum absolute atomic E-state index is 14.8. The molecule has 1 aliphatic rings. The Hall–Kier alpha value is -2.93. The van der Waals surface area contributed by atoms with Crippen molar-refractivity contribution in [2.75, 3.05) is 12.0 Å². The summed E-state index contributed by atoms with van der Waals surface area (Å²) >= 11 is 0. The molecule has 0 saturated heterocycles. The lowest BCUT2D eigenvalue weighted by molar-refractivity contribution is -0.118. The van der Waals surface area contributed by atoms with Crippen LogP contribution in [0.2, 0.25) is 0 Å². The molecule has 4 rings (SSSR count). The monoisotopic (exact) mass is 397 g/mol. The van der Waals surface area contributed by atoms with E-state index in [0.29, 0.717) is 16.5 Å². The number of hydrogen-bond donors (Lipinski definition) is 0. The molecule has 0 spiro atoms. The highest BCUT2D eigenvalue weighted by atomic mass is 19.1. The molecule has 1 saturated carbocycles. The Morgan fingerprint density at radius 2 is 1.93 bits per heavy atom. The van der Waals surface area contributed by atoms with E-state index < -0.39 is 11.8 Å². The van der Waals surface area contributed by atoms with Gasteiger partial charge in [0.05, 0.1) is 17.3 Å². The molecule has 29 heavy (non-hydrogen) atoms. The molecule has 0 aliphatic heterocycles. The number of fused-ring (bicyclic) bond motifs is 1. The van der Waals surface area contributed by atoms with Gasteiger partial charge in [0, 0.05) is 55.0 Å². The average Bonchev–Trinajstić information content (AvgIpc) is 2.65. The number of benzene rings is 1. The highest BCUT2D eigenvalue weighted by Gasteiger charge is 2.37. The lowest BCUT2D eigenvalue weighted by Crippen LogP contribution is -2.50. The van der Waals surface area contributed by atoms with E-state index in [1.54, 1.807) is 24.3 Å². The van der Waals surface area contributed by atoms with E-state index in [4.69, 9.17) is 4.74 Å². The van der Waals surface area contributed by atoms with Gasteiger partial charge in [-0.15, -0.1) is 0 Å². The van der Waals surface area contributed by atoms with Crippen molar-refractivity contribution in [2.24, 2.45) is 0 Å². The number of carbonyl (C=O) groups is 1. The number of halogens is 2. The van der Waals surface area contributed by atoms with Crippen molar-refractivity contribution in [1.82, 2.24) is 9.97 Å². The minimum atomic E-state index is -0.631. The topological polar surface area (TPSA) is 55.3 Å². The molecule has 0 atom stereocenters. The van der Waals surface area contributed by atoms with Gasteiger partial charge >= 0.3 is 0 Å². The first-order valence-corrected chi connectivity index (χ1v) is 9.42. The van der Waals surface area contributed by atoms with Crippen LogP contribution in [0.1, 0.15) is 25.3 Å². The van der Waals surface area contributed by atoms with Gasteiger partial charge < -0.3 is 9.64 Å². The van der Waals surface area contributed by atoms with Gasteiger partial charge in [-0.2, -0.15) is 4.39 Å². The molecular weight excluding hydrogens is 376 g/mol. The zero-order valence-electron chi connectivity index (χ0n) is 16.4. The molecule has 5 nitrogen and oxygen atoms in total. The molecule has 2 aromatic heterocycles. The number of nitrogens with zero attached hydrogens (tertiary/aromatic N) is 3. The van der Waals surface area contributed by atoms with Crippen LogP contribution in [0.4, 0.5) is 14.5 Å². The van der Waals surface area contributed by atoms with Crippen LogP contribution in [0.15, 0.2) is 36.7 Å². The van der Waals surface area contributed by atoms with Gasteiger partial charge in [-0.25, -0.2) is 9.37 Å². The second-order valence-corrected chi connectivity index (χ2v) is 7.38. The summed E-state index contributed by atoms with van der Waals surface area (Å²) in [6.45, 7) is 3.41. The van der Waals surface area contributed by atoms with Gasteiger partial charge in [0.25, 0.3) is 0 Å². The number of ether oxygens (including phenoxy) is 1. The summed E-state index contributed by atoms with van der Waals surface area (Å²) in [6, 6.07) is 5.69. The van der Waals surface area contributed by atoms with Gasteiger partial charge in [-0.3, -0.25) is 9.78 Å². The van der Waals surface area contributed by atoms with Crippen LogP contribution in [0.25, 0.3) is 22.0 Å². The number of methoxy groups -OCH3 is 1. The fourth-order valence-corrected chi connectivity index (χ4v) is 3.91. The van der Waals surface area contributed by atoms with Gasteiger partial charge in [0.2, 0.25) is 11.9 Å². The zero-order valence-corrected chi connectivity index (χ0v) is 16.4. The molecule has 1 aromatic carbocycles. The van der Waals surface area contributed by atoms with Crippen LogP contribution in [0, 0.1) is 18.7 Å². The summed E-state index contributed by atoms with van der Waals surface area (Å²) in [5.74, 6) is -1.20. The van der Waals surface area contributed by atoms with Crippen molar-refractivity contribution in [1.29, 1.82) is 0 Å². The molecule has 0 unspecified atom stereocenters. The Balaban J connectivity index is 1.88. The summed E-state index contributed by atoms with van der Waals surface area (Å²) in [4.78, 5) is 22.3. The molecular formula is C22H21F2N3O2. The van der Waals surface area contributed by atoms with E-state index in [9.17, 15) is 13.6 Å². The number of amides is 1. The summed E-state index contributed by atoms with van der Waals surface area (Å²) < 4.78 is 33.3. The Morgan fingerprint density at radius 3 is 2.55 bits per heavy atom. The molecule has 0 N–H and O–H groups in total. The molecule has 3 aromatic rings. The molecule has 0 bridgehead atoms. The standard InChI is InChI=1S/C22H21F2N3O2/c1-12-10-25-20-9-19(23)17(14-4-5-21(24)26-11-14)8-18(20)22(12)27(13(2)28)15-6-16(7-15)29-3/h4-5,8-11,15-16H,6-7H2,1-3H3. The predicted octanol–water partition coefficient (Wildman–Crippen LogP) is 4.41. The number of anilines is 1. The third kappa shape index (κ3) is 3.46. The quantitative estimate of drug-likeness (QED) is 0.612. The Labute approximate surface area is 167 Å². The minimum Gasteiger partial charge on any atom is -0.381 e. The van der Waals surface area contributed by atoms with Crippen LogP contribution in [-0.4, -0.2) is 35.1 Å². The maximum atomic E-state index is 14.8. The Kier molecular flexibility index (Phi) is 5.00. The van der Waals surface area contributed by atoms with Crippen molar-refractivity contribution in [3.63, 3.8) is 0 Å². The van der Waals surface area contributed by atoms with Crippen molar-refractivity contribution < 1.29 is 18.3 Å². The Morgan fingerprint density at radius 1 is 1.17 bits per heavy atom. The number of aromatic nitrogens is 2. The fraction of sp³-hybridized carbons (Fsp3) is 0.318. The summed E-state index contributed by atoms with van der Waals surface area (Å²) in [7, 11) is 1.66. The second kappa shape index (κ2) is 7.48.